The van der Waals surface area contributed by atoms with E-state index in [1.165, 1.54) is 12.1 Å². The molecule has 2 heterocycles. The monoisotopic (exact) mass is 415 g/mol. The molecule has 4 rings (SSSR count). The predicted molar refractivity (Wildman–Crippen MR) is 105 cm³/mol. The summed E-state index contributed by atoms with van der Waals surface area (Å²) < 4.78 is 4.70. The maximum absolute atomic E-state index is 9.53. The largest absolute Gasteiger partial charge is 0.508 e. The van der Waals surface area contributed by atoms with Gasteiger partial charge in [0.15, 0.2) is 5.82 Å². The number of aromatic hydroxyl groups is 1. The Hall–Kier alpha value is -3.43. The van der Waals surface area contributed by atoms with Crippen LogP contribution in [0.5, 0.6) is 5.75 Å². The number of anilines is 2. The van der Waals surface area contributed by atoms with E-state index in [0.29, 0.717) is 38.5 Å². The number of nitrogens with two attached hydrogens (primary N) is 1. The Morgan fingerprint density at radius 2 is 1.71 bits per heavy atom. The SMILES string of the molecule is NN=C(c1ccc(O)cc1)c1nc2nonc2nc1Nc1ccc(Cl)c(Cl)c1. The molecule has 0 fully saturated rings. The van der Waals surface area contributed by atoms with Gasteiger partial charge in [0.1, 0.15) is 17.2 Å². The van der Waals surface area contributed by atoms with E-state index in [0.717, 1.165) is 0 Å². The Balaban J connectivity index is 1.84. The average Bonchev–Trinajstić information content (AvgIpc) is 3.14. The number of aromatic nitrogens is 4. The maximum Gasteiger partial charge on any atom is 0.245 e. The zero-order valence-corrected chi connectivity index (χ0v) is 15.5. The molecule has 0 aliphatic rings. The zero-order chi connectivity index (χ0) is 19.7. The van der Waals surface area contributed by atoms with Crippen molar-refractivity contribution in [3.63, 3.8) is 0 Å². The van der Waals surface area contributed by atoms with Crippen molar-refractivity contribution < 1.29 is 9.74 Å². The van der Waals surface area contributed by atoms with Crippen LogP contribution in [-0.2, 0) is 0 Å². The van der Waals surface area contributed by atoms with Crippen LogP contribution in [0.25, 0.3) is 11.3 Å². The highest BCUT2D eigenvalue weighted by Crippen LogP contribution is 2.28. The number of nitrogens with zero attached hydrogens (tertiary/aromatic N) is 5. The Morgan fingerprint density at radius 1 is 1.00 bits per heavy atom. The van der Waals surface area contributed by atoms with Crippen LogP contribution in [0.1, 0.15) is 11.3 Å². The molecule has 2 aromatic heterocycles. The standard InChI is InChI=1S/C17H11Cl2N7O2/c18-11-6-3-9(7-12(11)19)21-15-14(22-16-17(23-15)26-28-25-16)13(24-20)8-1-4-10(27)5-2-8/h1-7,27H,20H2,(H,21,23,26). The molecule has 0 bridgehead atoms. The summed E-state index contributed by atoms with van der Waals surface area (Å²) >= 11 is 12.1. The first-order valence-corrected chi connectivity index (χ1v) is 8.61. The molecule has 0 radical (unpaired) electrons. The third-order valence-electron chi connectivity index (χ3n) is 3.79. The first-order valence-electron chi connectivity index (χ1n) is 7.85. The number of hydrogen-bond acceptors (Lipinski definition) is 9. The van der Waals surface area contributed by atoms with Gasteiger partial charge >= 0.3 is 0 Å². The number of nitrogens with one attached hydrogen (secondary N) is 1. The van der Waals surface area contributed by atoms with Gasteiger partial charge in [-0.25, -0.2) is 14.6 Å². The number of hydrogen-bond donors (Lipinski definition) is 3. The summed E-state index contributed by atoms with van der Waals surface area (Å²) in [6.07, 6.45) is 0. The number of halogens is 2. The van der Waals surface area contributed by atoms with Gasteiger partial charge in [0.25, 0.3) is 0 Å². The molecule has 0 saturated carbocycles. The van der Waals surface area contributed by atoms with Gasteiger partial charge in [-0.15, -0.1) is 0 Å². The molecule has 28 heavy (non-hydrogen) atoms. The molecule has 9 nitrogen and oxygen atoms in total. The molecular formula is C17H11Cl2N7O2. The Bertz CT molecular complexity index is 1190. The second kappa shape index (κ2) is 7.29. The number of rotatable bonds is 4. The Kier molecular flexibility index (Phi) is 4.68. The van der Waals surface area contributed by atoms with Crippen LogP contribution in [0.15, 0.2) is 52.2 Å². The van der Waals surface area contributed by atoms with Crippen molar-refractivity contribution in [2.45, 2.75) is 0 Å². The summed E-state index contributed by atoms with van der Waals surface area (Å²) in [6.45, 7) is 0. The first-order chi connectivity index (χ1) is 13.5. The maximum atomic E-state index is 9.53. The van der Waals surface area contributed by atoms with Gasteiger partial charge < -0.3 is 16.3 Å². The molecule has 11 heteroatoms. The Morgan fingerprint density at radius 3 is 2.39 bits per heavy atom. The molecule has 4 aromatic rings. The number of hydrazone groups is 1. The number of phenols is 1. The minimum Gasteiger partial charge on any atom is -0.508 e. The summed E-state index contributed by atoms with van der Waals surface area (Å²) in [5.41, 5.74) is 2.25. The van der Waals surface area contributed by atoms with Crippen LogP contribution in [0.4, 0.5) is 11.5 Å². The van der Waals surface area contributed by atoms with Crippen molar-refractivity contribution in [1.82, 2.24) is 20.3 Å². The van der Waals surface area contributed by atoms with E-state index >= 15 is 0 Å². The normalized spacial score (nSPS) is 11.7. The summed E-state index contributed by atoms with van der Waals surface area (Å²) in [5.74, 6) is 6.04. The minimum atomic E-state index is 0.108. The van der Waals surface area contributed by atoms with Crippen LogP contribution in [0.3, 0.4) is 0 Å². The smallest absolute Gasteiger partial charge is 0.245 e. The molecule has 0 atom stereocenters. The minimum absolute atomic E-state index is 0.108. The van der Waals surface area contributed by atoms with Gasteiger partial charge in [-0.05, 0) is 52.8 Å². The molecule has 4 N–H and O–H groups in total. The molecule has 0 unspecified atom stereocenters. The molecule has 0 amide bonds. The first kappa shape index (κ1) is 18.0. The average molecular weight is 416 g/mol. The van der Waals surface area contributed by atoms with Crippen molar-refractivity contribution in [3.8, 4) is 5.75 Å². The molecule has 0 aliphatic carbocycles. The fourth-order valence-electron chi connectivity index (χ4n) is 2.49. The van der Waals surface area contributed by atoms with Crippen molar-refractivity contribution in [1.29, 1.82) is 0 Å². The van der Waals surface area contributed by atoms with Gasteiger partial charge in [0.05, 0.1) is 10.0 Å². The van der Waals surface area contributed by atoms with Gasteiger partial charge in [-0.1, -0.05) is 23.2 Å². The highest BCUT2D eigenvalue weighted by Gasteiger charge is 2.19. The fourth-order valence-corrected chi connectivity index (χ4v) is 2.79. The lowest BCUT2D eigenvalue weighted by atomic mass is 10.1. The van der Waals surface area contributed by atoms with Crippen molar-refractivity contribution in [3.05, 3.63) is 63.8 Å². The molecule has 140 valence electrons. The number of phenolic OH excluding ortho intramolecular Hbond substituents is 1. The summed E-state index contributed by atoms with van der Waals surface area (Å²) in [5, 5.41) is 24.7. The number of fused-ring (bicyclic) bond motifs is 1. The van der Waals surface area contributed by atoms with Crippen molar-refractivity contribution in [2.75, 3.05) is 5.32 Å². The van der Waals surface area contributed by atoms with Gasteiger partial charge in [-0.2, -0.15) is 5.10 Å². The summed E-state index contributed by atoms with van der Waals surface area (Å²) in [4.78, 5) is 8.81. The van der Waals surface area contributed by atoms with Crippen LogP contribution >= 0.6 is 23.2 Å². The molecule has 0 aliphatic heterocycles. The lowest BCUT2D eigenvalue weighted by Gasteiger charge is -2.12. The van der Waals surface area contributed by atoms with E-state index in [1.807, 2.05) is 0 Å². The van der Waals surface area contributed by atoms with Gasteiger partial charge in [-0.3, -0.25) is 0 Å². The molecular weight excluding hydrogens is 405 g/mol. The highest BCUT2D eigenvalue weighted by molar-refractivity contribution is 6.42. The Labute approximate surface area is 167 Å². The second-order valence-corrected chi connectivity index (χ2v) is 6.43. The second-order valence-electron chi connectivity index (χ2n) is 5.61. The van der Waals surface area contributed by atoms with E-state index in [1.54, 1.807) is 30.3 Å². The third kappa shape index (κ3) is 3.40. The topological polar surface area (TPSA) is 135 Å². The van der Waals surface area contributed by atoms with E-state index in [9.17, 15) is 5.11 Å². The van der Waals surface area contributed by atoms with Gasteiger partial charge in [0, 0.05) is 11.3 Å². The quantitative estimate of drug-likeness (QED) is 0.261. The lowest BCUT2D eigenvalue weighted by Crippen LogP contribution is -2.13. The lowest BCUT2D eigenvalue weighted by molar-refractivity contribution is 0.314. The predicted octanol–water partition coefficient (Wildman–Crippen LogP) is 3.48. The molecule has 2 aromatic carbocycles. The van der Waals surface area contributed by atoms with E-state index in [-0.39, 0.29) is 17.0 Å². The van der Waals surface area contributed by atoms with Crippen LogP contribution in [0.2, 0.25) is 10.0 Å². The van der Waals surface area contributed by atoms with E-state index in [4.69, 9.17) is 33.7 Å². The summed E-state index contributed by atoms with van der Waals surface area (Å²) in [7, 11) is 0. The zero-order valence-electron chi connectivity index (χ0n) is 14.0. The van der Waals surface area contributed by atoms with Crippen LogP contribution in [0, 0.1) is 0 Å². The van der Waals surface area contributed by atoms with Gasteiger partial charge in [0.2, 0.25) is 11.3 Å². The molecule has 0 saturated heterocycles. The van der Waals surface area contributed by atoms with Crippen molar-refractivity contribution >= 4 is 51.7 Å². The summed E-state index contributed by atoms with van der Waals surface area (Å²) in [6, 6.07) is 11.3. The van der Waals surface area contributed by atoms with E-state index in [2.05, 4.69) is 30.7 Å². The number of benzene rings is 2. The highest BCUT2D eigenvalue weighted by atomic mass is 35.5. The van der Waals surface area contributed by atoms with E-state index < -0.39 is 0 Å². The van der Waals surface area contributed by atoms with Crippen LogP contribution in [-0.4, -0.2) is 31.1 Å². The van der Waals surface area contributed by atoms with Crippen LogP contribution < -0.4 is 11.2 Å². The van der Waals surface area contributed by atoms with Crippen molar-refractivity contribution in [2.24, 2.45) is 10.9 Å². The fraction of sp³-hybridized carbons (Fsp3) is 0. The third-order valence-corrected chi connectivity index (χ3v) is 4.53. The molecule has 0 spiro atoms.